The van der Waals surface area contributed by atoms with Gasteiger partial charge in [0.1, 0.15) is 0 Å². The van der Waals surface area contributed by atoms with Crippen LogP contribution in [-0.2, 0) is 4.74 Å². The topological polar surface area (TPSA) is 70.5 Å². The molecule has 4 rings (SSSR count). The van der Waals surface area contributed by atoms with Gasteiger partial charge in [-0.25, -0.2) is 9.37 Å². The smallest absolute Gasteiger partial charge is 0.225 e. The number of nitrogens with zero attached hydrogens (tertiary/aromatic N) is 3. The summed E-state index contributed by atoms with van der Waals surface area (Å²) in [4.78, 5) is 10.5. The minimum absolute atomic E-state index is 0.0115. The molecule has 2 N–H and O–H groups in total. The first kappa shape index (κ1) is 17.2. The lowest BCUT2D eigenvalue weighted by Gasteiger charge is -2.38. The molecule has 2 aliphatic rings. The third-order valence-corrected chi connectivity index (χ3v) is 5.10. The van der Waals surface area contributed by atoms with Crippen LogP contribution in [0.4, 0.5) is 16.2 Å². The van der Waals surface area contributed by atoms with Crippen LogP contribution in [0.1, 0.15) is 24.4 Å². The van der Waals surface area contributed by atoms with Gasteiger partial charge >= 0.3 is 0 Å². The Hall–Kier alpha value is -2.25. The highest BCUT2D eigenvalue weighted by Gasteiger charge is 2.35. The van der Waals surface area contributed by atoms with Crippen LogP contribution < -0.4 is 10.2 Å². The highest BCUT2D eigenvalue weighted by atomic mass is 19.1. The molecule has 0 amide bonds. The number of aliphatic hydroxyl groups excluding tert-OH is 1. The minimum Gasteiger partial charge on any atom is -0.393 e. The van der Waals surface area contributed by atoms with Gasteiger partial charge in [0.15, 0.2) is 11.6 Å². The predicted octanol–water partition coefficient (Wildman–Crippen LogP) is 2.38. The molecular formula is C19H23FN4O2. The lowest BCUT2D eigenvalue weighted by molar-refractivity contribution is 0.0338. The number of anilines is 2. The lowest BCUT2D eigenvalue weighted by Crippen LogP contribution is -2.38. The lowest BCUT2D eigenvalue weighted by atomic mass is 9.75. The van der Waals surface area contributed by atoms with Crippen molar-refractivity contribution in [3.8, 4) is 0 Å². The number of rotatable bonds is 5. The average molecular weight is 358 g/mol. The molecule has 7 heteroatoms. The van der Waals surface area contributed by atoms with Crippen molar-refractivity contribution in [2.24, 2.45) is 5.92 Å². The molecule has 1 saturated carbocycles. The van der Waals surface area contributed by atoms with E-state index >= 15 is 0 Å². The molecule has 0 spiro atoms. The highest BCUT2D eigenvalue weighted by Crippen LogP contribution is 2.39. The Morgan fingerprint density at radius 2 is 1.92 bits per heavy atom. The number of aliphatic hydroxyl groups is 1. The number of aromatic nitrogens is 2. The molecule has 1 aromatic heterocycles. The summed E-state index contributed by atoms with van der Waals surface area (Å²) in [5, 5.41) is 13.1. The molecule has 26 heavy (non-hydrogen) atoms. The number of hydrogen-bond donors (Lipinski definition) is 2. The van der Waals surface area contributed by atoms with E-state index in [0.29, 0.717) is 44.0 Å². The Bertz CT molecular complexity index is 734. The first-order valence-corrected chi connectivity index (χ1v) is 9.05. The maximum atomic E-state index is 14.2. The largest absolute Gasteiger partial charge is 0.393 e. The van der Waals surface area contributed by atoms with Crippen LogP contribution >= 0.6 is 0 Å². The molecule has 1 unspecified atom stereocenters. The van der Waals surface area contributed by atoms with Gasteiger partial charge in [-0.15, -0.1) is 0 Å². The fourth-order valence-electron chi connectivity index (χ4n) is 3.60. The predicted molar refractivity (Wildman–Crippen MR) is 96.6 cm³/mol. The van der Waals surface area contributed by atoms with Crippen molar-refractivity contribution >= 4 is 11.8 Å². The fourth-order valence-corrected chi connectivity index (χ4v) is 3.60. The molecule has 2 fully saturated rings. The zero-order valence-corrected chi connectivity index (χ0v) is 14.5. The average Bonchev–Trinajstić information content (AvgIpc) is 2.66. The maximum absolute atomic E-state index is 14.2. The quantitative estimate of drug-likeness (QED) is 0.855. The van der Waals surface area contributed by atoms with Crippen LogP contribution in [0.25, 0.3) is 0 Å². The van der Waals surface area contributed by atoms with E-state index in [2.05, 4.69) is 27.4 Å². The van der Waals surface area contributed by atoms with E-state index in [1.54, 1.807) is 0 Å². The van der Waals surface area contributed by atoms with Crippen molar-refractivity contribution in [3.63, 3.8) is 0 Å². The van der Waals surface area contributed by atoms with E-state index in [1.807, 2.05) is 23.1 Å². The second-order valence-electron chi connectivity index (χ2n) is 6.88. The summed E-state index contributed by atoms with van der Waals surface area (Å²) >= 11 is 0. The Morgan fingerprint density at radius 3 is 2.62 bits per heavy atom. The Balaban J connectivity index is 1.57. The van der Waals surface area contributed by atoms with Crippen LogP contribution in [0.15, 0.2) is 36.5 Å². The monoisotopic (exact) mass is 358 g/mol. The van der Waals surface area contributed by atoms with Gasteiger partial charge in [-0.3, -0.25) is 0 Å². The number of halogens is 1. The van der Waals surface area contributed by atoms with Gasteiger partial charge in [-0.1, -0.05) is 30.3 Å². The Morgan fingerprint density at radius 1 is 1.19 bits per heavy atom. The van der Waals surface area contributed by atoms with Gasteiger partial charge in [0, 0.05) is 13.1 Å². The number of hydrogen-bond acceptors (Lipinski definition) is 6. The molecule has 2 aromatic rings. The summed E-state index contributed by atoms with van der Waals surface area (Å²) in [5.74, 6) is 0.593. The number of ether oxygens (including phenoxy) is 1. The minimum atomic E-state index is -0.423. The summed E-state index contributed by atoms with van der Waals surface area (Å²) in [7, 11) is 0. The highest BCUT2D eigenvalue weighted by molar-refractivity contribution is 5.45. The Kier molecular flexibility index (Phi) is 4.99. The van der Waals surface area contributed by atoms with Gasteiger partial charge < -0.3 is 20.1 Å². The molecule has 2 heterocycles. The fraction of sp³-hybridized carbons (Fsp3) is 0.474. The van der Waals surface area contributed by atoms with Gasteiger partial charge in [0.2, 0.25) is 5.95 Å². The summed E-state index contributed by atoms with van der Waals surface area (Å²) in [6.45, 7) is 2.37. The van der Waals surface area contributed by atoms with Gasteiger partial charge in [-0.05, 0) is 24.3 Å². The van der Waals surface area contributed by atoms with Gasteiger partial charge in [0.25, 0.3) is 0 Å². The van der Waals surface area contributed by atoms with E-state index < -0.39 is 5.82 Å². The normalized spacial score (nSPS) is 24.0. The second-order valence-corrected chi connectivity index (χ2v) is 6.88. The first-order valence-electron chi connectivity index (χ1n) is 9.05. The second kappa shape index (κ2) is 7.55. The first-order chi connectivity index (χ1) is 12.7. The number of benzene rings is 1. The van der Waals surface area contributed by atoms with Crippen LogP contribution in [-0.4, -0.2) is 47.5 Å². The summed E-state index contributed by atoms with van der Waals surface area (Å²) in [5.41, 5.74) is 1.12. The zero-order chi connectivity index (χ0) is 17.9. The number of nitrogens with one attached hydrogen (secondary N) is 1. The van der Waals surface area contributed by atoms with Crippen molar-refractivity contribution in [1.29, 1.82) is 0 Å². The molecule has 6 nitrogen and oxygen atoms in total. The molecule has 138 valence electrons. The molecule has 1 aromatic carbocycles. The van der Waals surface area contributed by atoms with E-state index in [1.165, 1.54) is 6.20 Å². The van der Waals surface area contributed by atoms with Crippen molar-refractivity contribution < 1.29 is 14.2 Å². The molecule has 1 atom stereocenters. The molecular weight excluding hydrogens is 335 g/mol. The van der Waals surface area contributed by atoms with E-state index in [-0.39, 0.29) is 12.1 Å². The van der Waals surface area contributed by atoms with E-state index in [0.717, 1.165) is 18.4 Å². The summed E-state index contributed by atoms with van der Waals surface area (Å²) < 4.78 is 19.6. The van der Waals surface area contributed by atoms with E-state index in [4.69, 9.17) is 4.74 Å². The van der Waals surface area contributed by atoms with Crippen molar-refractivity contribution in [1.82, 2.24) is 9.97 Å². The van der Waals surface area contributed by atoms with Crippen LogP contribution in [0.3, 0.4) is 0 Å². The molecule has 1 aliphatic carbocycles. The number of morpholine rings is 1. The zero-order valence-electron chi connectivity index (χ0n) is 14.5. The van der Waals surface area contributed by atoms with Crippen LogP contribution in [0, 0.1) is 11.7 Å². The van der Waals surface area contributed by atoms with Crippen LogP contribution in [0.5, 0.6) is 0 Å². The standard InChI is InChI=1S/C19H23FN4O2/c20-16-12-21-19(23-18(16)24-6-8-26-9-7-24)22-17(14-10-15(25)11-14)13-4-2-1-3-5-13/h1-5,12,14-15,17,25H,6-11H2,(H,21,22,23). The molecule has 0 bridgehead atoms. The Labute approximate surface area is 152 Å². The van der Waals surface area contributed by atoms with Gasteiger partial charge in [0.05, 0.1) is 31.6 Å². The van der Waals surface area contributed by atoms with Crippen LogP contribution in [0.2, 0.25) is 0 Å². The molecule has 0 radical (unpaired) electrons. The third kappa shape index (κ3) is 3.64. The summed E-state index contributed by atoms with van der Waals surface area (Å²) in [6.07, 6.45) is 2.46. The van der Waals surface area contributed by atoms with Crippen molar-refractivity contribution in [3.05, 3.63) is 47.9 Å². The van der Waals surface area contributed by atoms with Crippen molar-refractivity contribution in [2.75, 3.05) is 36.5 Å². The SMILES string of the molecule is OC1CC(C(Nc2ncc(F)c(N3CCOCC3)n2)c2ccccc2)C1. The van der Waals surface area contributed by atoms with Gasteiger partial charge in [-0.2, -0.15) is 4.98 Å². The molecule has 1 saturated heterocycles. The third-order valence-electron chi connectivity index (χ3n) is 5.10. The van der Waals surface area contributed by atoms with E-state index in [9.17, 15) is 9.50 Å². The van der Waals surface area contributed by atoms with Crippen molar-refractivity contribution in [2.45, 2.75) is 25.0 Å². The summed E-state index contributed by atoms with van der Waals surface area (Å²) in [6, 6.07) is 10.0. The maximum Gasteiger partial charge on any atom is 0.225 e. The molecule has 1 aliphatic heterocycles.